The van der Waals surface area contributed by atoms with Crippen LogP contribution in [0.3, 0.4) is 0 Å². The smallest absolute Gasteiger partial charge is 0.204 e. The maximum absolute atomic E-state index is 10.6. The average molecular weight is 720 g/mol. The molecule has 6 bridgehead atoms. The number of aliphatic hydroxyl groups is 1. The first-order valence-corrected chi connectivity index (χ1v) is 19.1. The Morgan fingerprint density at radius 1 is 0.774 bits per heavy atom. The minimum absolute atomic E-state index is 0.0219. The highest BCUT2D eigenvalue weighted by atomic mass is 16.5. The van der Waals surface area contributed by atoms with E-state index in [0.29, 0.717) is 42.7 Å². The number of nitrogens with zero attached hydrogens (tertiary/aromatic N) is 3. The lowest BCUT2D eigenvalue weighted by Crippen LogP contribution is -2.39. The van der Waals surface area contributed by atoms with E-state index in [2.05, 4.69) is 83.4 Å². The predicted octanol–water partition coefficient (Wildman–Crippen LogP) is 6.90. The van der Waals surface area contributed by atoms with E-state index in [9.17, 15) is 5.11 Å². The molecule has 5 heterocycles. The van der Waals surface area contributed by atoms with Gasteiger partial charge >= 0.3 is 0 Å². The number of rotatable bonds is 5. The maximum Gasteiger partial charge on any atom is 0.204 e. The molecule has 0 saturated carbocycles. The zero-order valence-corrected chi connectivity index (χ0v) is 31.8. The van der Waals surface area contributed by atoms with Crippen molar-refractivity contribution in [3.05, 3.63) is 105 Å². The Morgan fingerprint density at radius 3 is 2.28 bits per heavy atom. The molecule has 0 spiro atoms. The first-order valence-electron chi connectivity index (χ1n) is 19.1. The summed E-state index contributed by atoms with van der Waals surface area (Å²) in [7, 11) is 9.56. The third-order valence-corrected chi connectivity index (χ3v) is 11.9. The summed E-state index contributed by atoms with van der Waals surface area (Å²) in [5, 5.41) is 10.6. The van der Waals surface area contributed by atoms with E-state index in [-0.39, 0.29) is 18.2 Å². The summed E-state index contributed by atoms with van der Waals surface area (Å²) in [6.45, 7) is 4.58. The molecule has 0 radical (unpaired) electrons. The molecule has 1 N–H and O–H groups in total. The predicted molar refractivity (Wildman–Crippen MR) is 206 cm³/mol. The van der Waals surface area contributed by atoms with Gasteiger partial charge in [0.2, 0.25) is 5.75 Å². The van der Waals surface area contributed by atoms with Crippen LogP contribution >= 0.6 is 0 Å². The van der Waals surface area contributed by atoms with Crippen LogP contribution in [0.2, 0.25) is 0 Å². The van der Waals surface area contributed by atoms with Gasteiger partial charge in [0.15, 0.2) is 23.0 Å². The highest BCUT2D eigenvalue weighted by Gasteiger charge is 2.37. The SMILES string of the molecule is COc1ccc2cc1OCc1ccc(cc1)C[C@H]1c3cc(ccc3CCN1C)Oc1c(OC)c(OC)c(CN3CCCC(O)C3)c3c1[C@H](C2)N(C)CC3. The molecule has 1 saturated heterocycles. The van der Waals surface area contributed by atoms with Crippen molar-refractivity contribution >= 4 is 0 Å². The zero-order chi connectivity index (χ0) is 36.6. The first-order chi connectivity index (χ1) is 25.8. The number of likely N-dealkylation sites (tertiary alicyclic amines) is 1. The maximum atomic E-state index is 10.6. The van der Waals surface area contributed by atoms with Gasteiger partial charge in [-0.25, -0.2) is 0 Å². The van der Waals surface area contributed by atoms with Gasteiger partial charge < -0.3 is 28.8 Å². The largest absolute Gasteiger partial charge is 0.493 e. The second-order valence-electron chi connectivity index (χ2n) is 15.3. The molecule has 4 aromatic carbocycles. The summed E-state index contributed by atoms with van der Waals surface area (Å²) in [6, 6.07) is 21.9. The Bertz CT molecular complexity index is 1950. The van der Waals surface area contributed by atoms with Crippen molar-refractivity contribution in [2.45, 2.75) is 69.9 Å². The van der Waals surface area contributed by atoms with Crippen LogP contribution in [-0.4, -0.2) is 87.5 Å². The van der Waals surface area contributed by atoms with Crippen LogP contribution < -0.4 is 23.7 Å². The number of likely N-dealkylation sites (N-methyl/N-ethyl adjacent to an activating group) is 2. The quantitative estimate of drug-likeness (QED) is 0.237. The first kappa shape index (κ1) is 35.7. The van der Waals surface area contributed by atoms with Crippen molar-refractivity contribution in [3.63, 3.8) is 0 Å². The third kappa shape index (κ3) is 7.08. The molecule has 0 aliphatic carbocycles. The van der Waals surface area contributed by atoms with Crippen LogP contribution in [0.15, 0.2) is 60.7 Å². The van der Waals surface area contributed by atoms with Gasteiger partial charge in [0.1, 0.15) is 12.4 Å². The van der Waals surface area contributed by atoms with Crippen molar-refractivity contribution in [2.75, 3.05) is 61.6 Å². The summed E-state index contributed by atoms with van der Waals surface area (Å²) >= 11 is 0. The fourth-order valence-corrected chi connectivity index (χ4v) is 9.02. The van der Waals surface area contributed by atoms with Gasteiger partial charge in [-0.2, -0.15) is 0 Å². The van der Waals surface area contributed by atoms with Gasteiger partial charge in [0.05, 0.1) is 27.4 Å². The van der Waals surface area contributed by atoms with Crippen molar-refractivity contribution < 1.29 is 28.8 Å². The number of hydrogen-bond acceptors (Lipinski definition) is 9. The zero-order valence-electron chi connectivity index (χ0n) is 31.8. The number of methoxy groups -OCH3 is 3. The monoisotopic (exact) mass is 719 g/mol. The van der Waals surface area contributed by atoms with Crippen LogP contribution in [0.1, 0.15) is 69.4 Å². The molecule has 4 aromatic rings. The van der Waals surface area contributed by atoms with Crippen LogP contribution in [0.4, 0.5) is 0 Å². The summed E-state index contributed by atoms with van der Waals surface area (Å²) in [4.78, 5) is 7.25. The van der Waals surface area contributed by atoms with E-state index in [1.165, 1.54) is 22.3 Å². The lowest BCUT2D eigenvalue weighted by atomic mass is 9.84. The van der Waals surface area contributed by atoms with Crippen molar-refractivity contribution in [1.29, 1.82) is 0 Å². The number of fused-ring (bicyclic) bond motifs is 3. The summed E-state index contributed by atoms with van der Waals surface area (Å²) in [5.41, 5.74) is 9.70. The Morgan fingerprint density at radius 2 is 1.51 bits per heavy atom. The van der Waals surface area contributed by atoms with Crippen LogP contribution in [0.25, 0.3) is 0 Å². The van der Waals surface area contributed by atoms with Gasteiger partial charge in [-0.1, -0.05) is 36.4 Å². The fraction of sp³-hybridized carbons (Fsp3) is 0.455. The molecule has 9 heteroatoms. The topological polar surface area (TPSA) is 76.1 Å². The Balaban J connectivity index is 1.32. The summed E-state index contributed by atoms with van der Waals surface area (Å²) in [6.07, 6.45) is 4.94. The minimum atomic E-state index is -0.324. The molecule has 9 rings (SSSR count). The van der Waals surface area contributed by atoms with Gasteiger partial charge in [-0.05, 0) is 117 Å². The number of hydrogen-bond donors (Lipinski definition) is 1. The van der Waals surface area contributed by atoms with E-state index in [4.69, 9.17) is 23.7 Å². The van der Waals surface area contributed by atoms with E-state index in [1.807, 2.05) is 6.07 Å². The van der Waals surface area contributed by atoms with Crippen molar-refractivity contribution in [2.24, 2.45) is 0 Å². The van der Waals surface area contributed by atoms with E-state index >= 15 is 0 Å². The second-order valence-corrected chi connectivity index (χ2v) is 15.3. The molecule has 0 aromatic heterocycles. The van der Waals surface area contributed by atoms with Crippen LogP contribution in [0, 0.1) is 0 Å². The van der Waals surface area contributed by atoms with Crippen LogP contribution in [-0.2, 0) is 38.8 Å². The minimum Gasteiger partial charge on any atom is -0.493 e. The Labute approximate surface area is 314 Å². The Kier molecular flexibility index (Phi) is 10.3. The molecule has 1 unspecified atom stereocenters. The number of ether oxygens (including phenoxy) is 5. The van der Waals surface area contributed by atoms with Gasteiger partial charge in [-0.3, -0.25) is 14.7 Å². The highest BCUT2D eigenvalue weighted by Crippen LogP contribution is 2.53. The average Bonchev–Trinajstić information content (AvgIpc) is 3.17. The molecule has 3 atom stereocenters. The summed E-state index contributed by atoms with van der Waals surface area (Å²) in [5.74, 6) is 4.25. The number of β-amino-alcohol motifs (C(OH)–C–C–N with tert-alkyl or cyclic N) is 1. The van der Waals surface area contributed by atoms with Gasteiger partial charge in [0.25, 0.3) is 0 Å². The molecule has 5 aliphatic heterocycles. The van der Waals surface area contributed by atoms with Gasteiger partial charge in [0, 0.05) is 49.4 Å². The van der Waals surface area contributed by atoms with Crippen molar-refractivity contribution in [3.8, 4) is 34.5 Å². The summed E-state index contributed by atoms with van der Waals surface area (Å²) < 4.78 is 32.0. The van der Waals surface area contributed by atoms with E-state index < -0.39 is 0 Å². The molecule has 1 fully saturated rings. The third-order valence-electron chi connectivity index (χ3n) is 11.9. The molecule has 53 heavy (non-hydrogen) atoms. The van der Waals surface area contributed by atoms with E-state index in [0.717, 1.165) is 91.9 Å². The lowest BCUT2D eigenvalue weighted by molar-refractivity contribution is 0.0660. The highest BCUT2D eigenvalue weighted by molar-refractivity contribution is 5.67. The second kappa shape index (κ2) is 15.2. The molecule has 0 amide bonds. The molecular formula is C44H53N3O6. The molecule has 9 nitrogen and oxygen atoms in total. The standard InChI is InChI=1S/C44H53N3O6/c1-45-19-16-31-13-14-33-24-35(31)37(45)21-28-8-10-29(11-9-28)27-52-40-23-30(12-15-39(40)49-3)22-38-41-34(17-20-46(38)2)36(26-47-18-6-7-32(48)25-47)42(50-4)44(51-5)43(41)53-33/h8-15,23-24,32,37-38,48H,6-7,16-22,25-27H2,1-5H3/t32?,37-,38-/m0/s1. The van der Waals surface area contributed by atoms with Gasteiger partial charge in [-0.15, -0.1) is 0 Å². The molecule has 280 valence electrons. The number of aliphatic hydroxyl groups excluding tert-OH is 1. The van der Waals surface area contributed by atoms with Crippen molar-refractivity contribution in [1.82, 2.24) is 14.7 Å². The fourth-order valence-electron chi connectivity index (χ4n) is 9.02. The normalized spacial score (nSPS) is 22.0. The van der Waals surface area contributed by atoms with Crippen LogP contribution in [0.5, 0.6) is 34.5 Å². The van der Waals surface area contributed by atoms with E-state index in [1.54, 1.807) is 21.3 Å². The molecular weight excluding hydrogens is 666 g/mol. The number of piperidine rings is 1. The molecule has 5 aliphatic rings. The Hall–Kier alpha value is -4.28. The number of benzene rings is 4. The lowest BCUT2D eigenvalue weighted by Gasteiger charge is -2.39.